The van der Waals surface area contributed by atoms with Crippen molar-refractivity contribution in [2.75, 3.05) is 5.32 Å². The molecule has 21 heavy (non-hydrogen) atoms. The lowest BCUT2D eigenvalue weighted by Crippen LogP contribution is -2.16. The van der Waals surface area contributed by atoms with Gasteiger partial charge in [-0.05, 0) is 52.3 Å². The number of hydrogen-bond acceptors (Lipinski definition) is 2. The van der Waals surface area contributed by atoms with E-state index in [1.165, 1.54) is 12.1 Å². The highest BCUT2D eigenvalue weighted by Crippen LogP contribution is 2.23. The van der Waals surface area contributed by atoms with Gasteiger partial charge in [0.05, 0.1) is 11.1 Å². The van der Waals surface area contributed by atoms with E-state index in [1.54, 1.807) is 18.2 Å². The molecule has 3 N–H and O–H groups in total. The van der Waals surface area contributed by atoms with Gasteiger partial charge < -0.3 is 11.1 Å². The maximum atomic E-state index is 13.4. The Bertz CT molecular complexity index is 735. The quantitative estimate of drug-likeness (QED) is 0.802. The lowest BCUT2D eigenvalue weighted by molar-refractivity contribution is 0.0992. The summed E-state index contributed by atoms with van der Waals surface area (Å²) in [4.78, 5) is 23.3. The normalized spacial score (nSPS) is 10.2. The first kappa shape index (κ1) is 15.7. The Morgan fingerprint density at radius 3 is 2.43 bits per heavy atom. The number of carbonyl (C=O) groups is 2. The fraction of sp³-hybridized carbons (Fsp3) is 0. The molecular weight excluding hydrogens is 407 g/mol. The summed E-state index contributed by atoms with van der Waals surface area (Å²) in [7, 11) is 0. The van der Waals surface area contributed by atoms with E-state index in [1.807, 2.05) is 0 Å². The van der Waals surface area contributed by atoms with Crippen LogP contribution in [0.5, 0.6) is 0 Å². The largest absolute Gasteiger partial charge is 0.366 e. The molecule has 4 nitrogen and oxygen atoms in total. The Balaban J connectivity index is 2.29. The second kappa shape index (κ2) is 6.36. The van der Waals surface area contributed by atoms with E-state index in [0.717, 1.165) is 10.5 Å². The molecule has 0 spiro atoms. The second-order valence-corrected chi connectivity index (χ2v) is 5.91. The molecule has 2 rings (SSSR count). The molecule has 0 aliphatic rings. The Morgan fingerprint density at radius 1 is 1.05 bits per heavy atom. The van der Waals surface area contributed by atoms with Crippen molar-refractivity contribution in [3.63, 3.8) is 0 Å². The van der Waals surface area contributed by atoms with Gasteiger partial charge >= 0.3 is 0 Å². The Labute approximate surface area is 136 Å². The van der Waals surface area contributed by atoms with Crippen LogP contribution in [0.1, 0.15) is 20.7 Å². The van der Waals surface area contributed by atoms with E-state index in [4.69, 9.17) is 5.73 Å². The van der Waals surface area contributed by atoms with Crippen LogP contribution in [-0.4, -0.2) is 11.8 Å². The zero-order chi connectivity index (χ0) is 15.6. The molecular formula is C14H9Br2FN2O2. The smallest absolute Gasteiger partial charge is 0.256 e. The highest BCUT2D eigenvalue weighted by Gasteiger charge is 2.13. The molecule has 0 unspecified atom stereocenters. The fourth-order valence-corrected chi connectivity index (χ4v) is 2.45. The molecule has 0 atom stereocenters. The van der Waals surface area contributed by atoms with Crippen molar-refractivity contribution in [3.8, 4) is 0 Å². The van der Waals surface area contributed by atoms with E-state index in [2.05, 4.69) is 37.2 Å². The molecule has 7 heteroatoms. The molecule has 0 aromatic heterocycles. The van der Waals surface area contributed by atoms with E-state index >= 15 is 0 Å². The summed E-state index contributed by atoms with van der Waals surface area (Å²) >= 11 is 6.56. The van der Waals surface area contributed by atoms with Gasteiger partial charge in [0.15, 0.2) is 0 Å². The summed E-state index contributed by atoms with van der Waals surface area (Å²) in [6, 6.07) is 8.76. The minimum atomic E-state index is -0.896. The number of hydrogen-bond donors (Lipinski definition) is 2. The third kappa shape index (κ3) is 3.68. The summed E-state index contributed by atoms with van der Waals surface area (Å²) in [5, 5.41) is 2.58. The highest BCUT2D eigenvalue weighted by atomic mass is 79.9. The minimum Gasteiger partial charge on any atom is -0.366 e. The molecule has 0 saturated carbocycles. The molecule has 2 aromatic rings. The standard InChI is InChI=1S/C14H9Br2FN2O2/c15-7-1-3-11(16)9(5-7)14(21)19-8-2-4-12(17)10(6-8)13(18)20/h1-6H,(H2,18,20)(H,19,21). The first-order valence-electron chi connectivity index (χ1n) is 5.74. The molecule has 0 aliphatic heterocycles. The van der Waals surface area contributed by atoms with E-state index in [9.17, 15) is 14.0 Å². The van der Waals surface area contributed by atoms with Crippen LogP contribution in [0.2, 0.25) is 0 Å². The zero-order valence-electron chi connectivity index (χ0n) is 10.5. The first-order valence-corrected chi connectivity index (χ1v) is 7.33. The summed E-state index contributed by atoms with van der Waals surface area (Å²) in [6.45, 7) is 0. The number of nitrogens with one attached hydrogen (secondary N) is 1. The number of benzene rings is 2. The Hall–Kier alpha value is -1.73. The predicted molar refractivity (Wildman–Crippen MR) is 84.7 cm³/mol. The first-order chi connectivity index (χ1) is 9.88. The van der Waals surface area contributed by atoms with Gasteiger partial charge in [0, 0.05) is 14.6 Å². The minimum absolute atomic E-state index is 0.277. The third-order valence-corrected chi connectivity index (χ3v) is 3.85. The lowest BCUT2D eigenvalue weighted by Gasteiger charge is -2.09. The van der Waals surface area contributed by atoms with Gasteiger partial charge in [0.25, 0.3) is 11.8 Å². The van der Waals surface area contributed by atoms with Gasteiger partial charge in [0.1, 0.15) is 5.82 Å². The monoisotopic (exact) mass is 414 g/mol. The van der Waals surface area contributed by atoms with Gasteiger partial charge in [0.2, 0.25) is 0 Å². The molecule has 0 aliphatic carbocycles. The van der Waals surface area contributed by atoms with Gasteiger partial charge in [-0.2, -0.15) is 0 Å². The fourth-order valence-electron chi connectivity index (χ4n) is 1.66. The van der Waals surface area contributed by atoms with Gasteiger partial charge in [-0.15, -0.1) is 0 Å². The highest BCUT2D eigenvalue weighted by molar-refractivity contribution is 9.11. The predicted octanol–water partition coefficient (Wildman–Crippen LogP) is 3.70. The van der Waals surface area contributed by atoms with Crippen LogP contribution in [0.4, 0.5) is 10.1 Å². The Morgan fingerprint density at radius 2 is 1.76 bits per heavy atom. The van der Waals surface area contributed by atoms with Crippen molar-refractivity contribution in [3.05, 3.63) is 62.3 Å². The van der Waals surface area contributed by atoms with E-state index in [0.29, 0.717) is 10.0 Å². The van der Waals surface area contributed by atoms with Crippen LogP contribution in [0.3, 0.4) is 0 Å². The van der Waals surface area contributed by atoms with Crippen molar-refractivity contribution < 1.29 is 14.0 Å². The lowest BCUT2D eigenvalue weighted by atomic mass is 10.1. The topological polar surface area (TPSA) is 72.2 Å². The third-order valence-electron chi connectivity index (χ3n) is 2.66. The molecule has 2 aromatic carbocycles. The number of carbonyl (C=O) groups excluding carboxylic acids is 2. The van der Waals surface area contributed by atoms with Crippen LogP contribution in [0, 0.1) is 5.82 Å². The second-order valence-electron chi connectivity index (χ2n) is 4.14. The zero-order valence-corrected chi connectivity index (χ0v) is 13.7. The summed E-state index contributed by atoms with van der Waals surface area (Å²) in [5.41, 5.74) is 5.46. The van der Waals surface area contributed by atoms with Crippen LogP contribution in [0.25, 0.3) is 0 Å². The number of halogens is 3. The Kier molecular flexibility index (Phi) is 4.74. The summed E-state index contributed by atoms with van der Waals surface area (Å²) < 4.78 is 14.7. The molecule has 0 radical (unpaired) electrons. The van der Waals surface area contributed by atoms with Crippen LogP contribution in [-0.2, 0) is 0 Å². The molecule has 0 heterocycles. The average Bonchev–Trinajstić information content (AvgIpc) is 2.43. The van der Waals surface area contributed by atoms with Crippen LogP contribution in [0.15, 0.2) is 45.3 Å². The van der Waals surface area contributed by atoms with Gasteiger partial charge in [-0.1, -0.05) is 15.9 Å². The summed E-state index contributed by atoms with van der Waals surface area (Å²) in [5.74, 6) is -2.03. The number of rotatable bonds is 3. The molecule has 0 saturated heterocycles. The number of amides is 2. The SMILES string of the molecule is NC(=O)c1cc(NC(=O)c2cc(Br)ccc2Br)ccc1F. The van der Waals surface area contributed by atoms with Crippen LogP contribution < -0.4 is 11.1 Å². The van der Waals surface area contributed by atoms with Crippen molar-refractivity contribution in [1.29, 1.82) is 0 Å². The maximum Gasteiger partial charge on any atom is 0.256 e. The molecule has 0 bridgehead atoms. The van der Waals surface area contributed by atoms with Crippen molar-refractivity contribution >= 4 is 49.4 Å². The van der Waals surface area contributed by atoms with Gasteiger partial charge in [-0.3, -0.25) is 9.59 Å². The average molecular weight is 416 g/mol. The van der Waals surface area contributed by atoms with Crippen molar-refractivity contribution in [2.45, 2.75) is 0 Å². The maximum absolute atomic E-state index is 13.4. The van der Waals surface area contributed by atoms with Crippen molar-refractivity contribution in [2.24, 2.45) is 5.73 Å². The van der Waals surface area contributed by atoms with E-state index < -0.39 is 17.6 Å². The molecule has 2 amide bonds. The summed E-state index contributed by atoms with van der Waals surface area (Å²) in [6.07, 6.45) is 0. The number of primary amides is 1. The van der Waals surface area contributed by atoms with Gasteiger partial charge in [-0.25, -0.2) is 4.39 Å². The van der Waals surface area contributed by atoms with E-state index in [-0.39, 0.29) is 11.3 Å². The van der Waals surface area contributed by atoms with Crippen LogP contribution >= 0.6 is 31.9 Å². The molecule has 0 fully saturated rings. The molecule has 108 valence electrons. The van der Waals surface area contributed by atoms with Crippen molar-refractivity contribution in [1.82, 2.24) is 0 Å². The number of nitrogens with two attached hydrogens (primary N) is 1. The number of anilines is 1.